The molecule has 7 heteroatoms. The first-order valence-corrected chi connectivity index (χ1v) is 8.05. The predicted molar refractivity (Wildman–Crippen MR) is 88.5 cm³/mol. The van der Waals surface area contributed by atoms with Gasteiger partial charge in [0, 0.05) is 25.3 Å². The molecule has 1 atom stereocenters. The second kappa shape index (κ2) is 7.70. The van der Waals surface area contributed by atoms with E-state index in [-0.39, 0.29) is 17.9 Å². The lowest BCUT2D eigenvalue weighted by atomic mass is 9.97. The molecule has 1 fully saturated rings. The van der Waals surface area contributed by atoms with Crippen molar-refractivity contribution in [2.45, 2.75) is 19.8 Å². The summed E-state index contributed by atoms with van der Waals surface area (Å²) in [6.07, 6.45) is 1.62. The molecule has 120 valence electrons. The molecule has 5 nitrogen and oxygen atoms in total. The van der Waals surface area contributed by atoms with Crippen LogP contribution < -0.4 is 10.6 Å². The zero-order chi connectivity index (χ0) is 16.1. The van der Waals surface area contributed by atoms with E-state index in [1.54, 1.807) is 23.1 Å². The zero-order valence-electron chi connectivity index (χ0n) is 12.4. The van der Waals surface area contributed by atoms with Crippen LogP contribution in [0.3, 0.4) is 0 Å². The molecule has 0 saturated carbocycles. The van der Waals surface area contributed by atoms with E-state index >= 15 is 0 Å². The molecule has 1 aromatic rings. The van der Waals surface area contributed by atoms with Gasteiger partial charge in [0.05, 0.1) is 16.0 Å². The van der Waals surface area contributed by atoms with E-state index in [1.807, 2.05) is 6.92 Å². The van der Waals surface area contributed by atoms with Gasteiger partial charge < -0.3 is 15.5 Å². The average molecular weight is 344 g/mol. The van der Waals surface area contributed by atoms with Crippen LogP contribution in [-0.4, -0.2) is 36.5 Å². The van der Waals surface area contributed by atoms with Gasteiger partial charge in [-0.3, -0.25) is 4.79 Å². The SMILES string of the molecule is CCNC(=O)[C@@H]1CCCN(C(=O)Nc2ccc(Cl)c(Cl)c2)C1. The van der Waals surface area contributed by atoms with Gasteiger partial charge in [-0.1, -0.05) is 23.2 Å². The number of hydrogen-bond acceptors (Lipinski definition) is 2. The highest BCUT2D eigenvalue weighted by atomic mass is 35.5. The monoisotopic (exact) mass is 343 g/mol. The van der Waals surface area contributed by atoms with Crippen LogP contribution in [0.25, 0.3) is 0 Å². The number of halogens is 2. The summed E-state index contributed by atoms with van der Waals surface area (Å²) in [5, 5.41) is 6.42. The number of piperidine rings is 1. The predicted octanol–water partition coefficient (Wildman–Crippen LogP) is 3.37. The maximum Gasteiger partial charge on any atom is 0.321 e. The molecule has 2 rings (SSSR count). The summed E-state index contributed by atoms with van der Waals surface area (Å²) >= 11 is 11.8. The van der Waals surface area contributed by atoms with E-state index < -0.39 is 0 Å². The van der Waals surface area contributed by atoms with E-state index in [2.05, 4.69) is 10.6 Å². The molecule has 0 unspecified atom stereocenters. The highest BCUT2D eigenvalue weighted by Gasteiger charge is 2.28. The lowest BCUT2D eigenvalue weighted by Crippen LogP contribution is -2.46. The normalized spacial score (nSPS) is 18.0. The molecule has 0 bridgehead atoms. The van der Waals surface area contributed by atoms with Crippen molar-refractivity contribution < 1.29 is 9.59 Å². The second-order valence-electron chi connectivity index (χ2n) is 5.24. The Bertz CT molecular complexity index is 566. The fraction of sp³-hybridized carbons (Fsp3) is 0.467. The van der Waals surface area contributed by atoms with Crippen molar-refractivity contribution in [3.05, 3.63) is 28.2 Å². The minimum Gasteiger partial charge on any atom is -0.356 e. The summed E-state index contributed by atoms with van der Waals surface area (Å²) in [6, 6.07) is 4.70. The smallest absolute Gasteiger partial charge is 0.321 e. The minimum atomic E-state index is -0.229. The lowest BCUT2D eigenvalue weighted by Gasteiger charge is -2.32. The Balaban J connectivity index is 1.96. The minimum absolute atomic E-state index is 0.00883. The number of amides is 3. The number of carbonyl (C=O) groups is 2. The van der Waals surface area contributed by atoms with Crippen molar-refractivity contribution in [3.8, 4) is 0 Å². The van der Waals surface area contributed by atoms with Crippen LogP contribution >= 0.6 is 23.2 Å². The third-order valence-electron chi connectivity index (χ3n) is 3.60. The Morgan fingerprint density at radius 2 is 2.09 bits per heavy atom. The van der Waals surface area contributed by atoms with Crippen LogP contribution in [0.2, 0.25) is 10.0 Å². The number of nitrogens with zero attached hydrogens (tertiary/aromatic N) is 1. The molecule has 1 aliphatic heterocycles. The van der Waals surface area contributed by atoms with E-state index in [9.17, 15) is 9.59 Å². The maximum absolute atomic E-state index is 12.3. The van der Waals surface area contributed by atoms with Gasteiger partial charge in [0.1, 0.15) is 0 Å². The summed E-state index contributed by atoms with van der Waals surface area (Å²) in [6.45, 7) is 3.56. The molecule has 22 heavy (non-hydrogen) atoms. The topological polar surface area (TPSA) is 61.4 Å². The standard InChI is InChI=1S/C15H19Cl2N3O2/c1-2-18-14(21)10-4-3-7-20(9-10)15(22)19-11-5-6-12(16)13(17)8-11/h5-6,8,10H,2-4,7,9H2,1H3,(H,18,21)(H,19,22)/t10-/m1/s1. The highest BCUT2D eigenvalue weighted by Crippen LogP contribution is 2.25. The molecule has 0 spiro atoms. The van der Waals surface area contributed by atoms with Crippen LogP contribution in [0.15, 0.2) is 18.2 Å². The van der Waals surface area contributed by atoms with E-state index in [0.29, 0.717) is 35.4 Å². The molecule has 1 aromatic carbocycles. The first-order chi connectivity index (χ1) is 10.5. The Kier molecular flexibility index (Phi) is 5.91. The number of anilines is 1. The van der Waals surface area contributed by atoms with Crippen LogP contribution in [0, 0.1) is 5.92 Å². The van der Waals surface area contributed by atoms with Crippen LogP contribution in [-0.2, 0) is 4.79 Å². The van der Waals surface area contributed by atoms with Gasteiger partial charge in [-0.15, -0.1) is 0 Å². The molecule has 0 aliphatic carbocycles. The molecule has 2 N–H and O–H groups in total. The molecular formula is C15H19Cl2N3O2. The summed E-state index contributed by atoms with van der Waals surface area (Å²) in [7, 11) is 0. The highest BCUT2D eigenvalue weighted by molar-refractivity contribution is 6.42. The fourth-order valence-electron chi connectivity index (χ4n) is 2.47. The molecule has 1 heterocycles. The number of nitrogens with one attached hydrogen (secondary N) is 2. The Hall–Kier alpha value is -1.46. The molecule has 1 aliphatic rings. The molecule has 0 aromatic heterocycles. The number of urea groups is 1. The Labute approximate surface area is 139 Å². The number of carbonyl (C=O) groups excluding carboxylic acids is 2. The van der Waals surface area contributed by atoms with Crippen LogP contribution in [0.5, 0.6) is 0 Å². The zero-order valence-corrected chi connectivity index (χ0v) is 13.9. The van der Waals surface area contributed by atoms with Crippen molar-refractivity contribution in [2.75, 3.05) is 25.0 Å². The van der Waals surface area contributed by atoms with Gasteiger partial charge in [0.15, 0.2) is 0 Å². The van der Waals surface area contributed by atoms with Crippen LogP contribution in [0.1, 0.15) is 19.8 Å². The number of hydrogen-bond donors (Lipinski definition) is 2. The average Bonchev–Trinajstić information content (AvgIpc) is 2.51. The third kappa shape index (κ3) is 4.27. The van der Waals surface area contributed by atoms with E-state index in [0.717, 1.165) is 12.8 Å². The van der Waals surface area contributed by atoms with E-state index in [1.165, 1.54) is 0 Å². The van der Waals surface area contributed by atoms with Crippen molar-refractivity contribution in [1.82, 2.24) is 10.2 Å². The summed E-state index contributed by atoms with van der Waals surface area (Å²) in [5.74, 6) is -0.136. The quantitative estimate of drug-likeness (QED) is 0.883. The number of benzene rings is 1. The number of rotatable bonds is 3. The van der Waals surface area contributed by atoms with Crippen molar-refractivity contribution in [3.63, 3.8) is 0 Å². The largest absolute Gasteiger partial charge is 0.356 e. The van der Waals surface area contributed by atoms with Gasteiger partial charge in [0.2, 0.25) is 5.91 Å². The van der Waals surface area contributed by atoms with Gasteiger partial charge in [0.25, 0.3) is 0 Å². The second-order valence-corrected chi connectivity index (χ2v) is 6.05. The number of likely N-dealkylation sites (tertiary alicyclic amines) is 1. The third-order valence-corrected chi connectivity index (χ3v) is 4.34. The molecule has 3 amide bonds. The van der Waals surface area contributed by atoms with Crippen LogP contribution in [0.4, 0.5) is 10.5 Å². The summed E-state index contributed by atoms with van der Waals surface area (Å²) in [4.78, 5) is 25.9. The van der Waals surface area contributed by atoms with Crippen molar-refractivity contribution in [2.24, 2.45) is 5.92 Å². The van der Waals surface area contributed by atoms with Crippen molar-refractivity contribution >= 4 is 40.8 Å². The fourth-order valence-corrected chi connectivity index (χ4v) is 2.77. The maximum atomic E-state index is 12.3. The molecule has 1 saturated heterocycles. The van der Waals surface area contributed by atoms with Gasteiger partial charge in [-0.25, -0.2) is 4.79 Å². The first kappa shape index (κ1) is 16.9. The lowest BCUT2D eigenvalue weighted by molar-refractivity contribution is -0.126. The Morgan fingerprint density at radius 1 is 1.32 bits per heavy atom. The first-order valence-electron chi connectivity index (χ1n) is 7.30. The summed E-state index contributed by atoms with van der Waals surface area (Å²) < 4.78 is 0. The molecule has 0 radical (unpaired) electrons. The van der Waals surface area contributed by atoms with Crippen molar-refractivity contribution in [1.29, 1.82) is 0 Å². The van der Waals surface area contributed by atoms with E-state index in [4.69, 9.17) is 23.2 Å². The summed E-state index contributed by atoms with van der Waals surface area (Å²) in [5.41, 5.74) is 0.583. The molecular weight excluding hydrogens is 325 g/mol. The van der Waals surface area contributed by atoms with Gasteiger partial charge in [-0.05, 0) is 38.0 Å². The van der Waals surface area contributed by atoms with Gasteiger partial charge in [-0.2, -0.15) is 0 Å². The Morgan fingerprint density at radius 3 is 2.77 bits per heavy atom. The van der Waals surface area contributed by atoms with Gasteiger partial charge >= 0.3 is 6.03 Å².